The van der Waals surface area contributed by atoms with E-state index in [9.17, 15) is 9.59 Å². The number of hydrogen-bond acceptors (Lipinski definition) is 2. The summed E-state index contributed by atoms with van der Waals surface area (Å²) in [7, 11) is 0. The molecule has 3 rings (SSSR count). The van der Waals surface area contributed by atoms with Crippen molar-refractivity contribution in [1.29, 1.82) is 0 Å². The predicted octanol–water partition coefficient (Wildman–Crippen LogP) is 4.77. The first kappa shape index (κ1) is 20.9. The summed E-state index contributed by atoms with van der Waals surface area (Å²) in [6, 6.07) is 15.5. The lowest BCUT2D eigenvalue weighted by atomic mass is 10.1. The fourth-order valence-corrected chi connectivity index (χ4v) is 3.55. The smallest absolute Gasteiger partial charge is 0.326 e. The molecule has 0 bridgehead atoms. The number of carbonyl (C=O) groups excluding carboxylic acids is 2. The number of nitrogens with zero attached hydrogens (tertiary/aromatic N) is 1. The Morgan fingerprint density at radius 1 is 1.03 bits per heavy atom. The minimum atomic E-state index is -0.112. The van der Waals surface area contributed by atoms with Crippen molar-refractivity contribution >= 4 is 23.3 Å². The Labute approximate surface area is 173 Å². The maximum Gasteiger partial charge on any atom is 0.326 e. The molecule has 2 aromatic rings. The highest BCUT2D eigenvalue weighted by Crippen LogP contribution is 2.26. The molecule has 0 aliphatic carbocycles. The number of rotatable bonds is 6. The van der Waals surface area contributed by atoms with Gasteiger partial charge in [0.1, 0.15) is 0 Å². The molecule has 1 heterocycles. The normalized spacial score (nSPS) is 13.6. The number of hydrogen-bond donors (Lipinski definition) is 2. The third-order valence-corrected chi connectivity index (χ3v) is 5.22. The van der Waals surface area contributed by atoms with Gasteiger partial charge in [-0.25, -0.2) is 4.79 Å². The van der Waals surface area contributed by atoms with Crippen molar-refractivity contribution in [1.82, 2.24) is 5.32 Å². The molecule has 0 radical (unpaired) electrons. The van der Waals surface area contributed by atoms with Crippen LogP contribution in [0.2, 0.25) is 0 Å². The molecular formula is C24H31N3O2. The molecule has 2 aromatic carbocycles. The van der Waals surface area contributed by atoms with Crippen molar-refractivity contribution in [3.63, 3.8) is 0 Å². The largest absolute Gasteiger partial charge is 0.356 e. The number of amides is 3. The number of urea groups is 1. The minimum Gasteiger partial charge on any atom is -0.356 e. The van der Waals surface area contributed by atoms with E-state index in [0.29, 0.717) is 18.9 Å². The fourth-order valence-electron chi connectivity index (χ4n) is 3.55. The first-order chi connectivity index (χ1) is 14.0. The number of fused-ring (bicyclic) bond motifs is 1. The van der Waals surface area contributed by atoms with Gasteiger partial charge in [0, 0.05) is 24.5 Å². The maximum atomic E-state index is 12.9. The molecule has 0 saturated heterocycles. The van der Waals surface area contributed by atoms with Crippen LogP contribution < -0.4 is 15.5 Å². The van der Waals surface area contributed by atoms with Gasteiger partial charge in [-0.3, -0.25) is 9.69 Å². The highest BCUT2D eigenvalue weighted by Gasteiger charge is 2.20. The summed E-state index contributed by atoms with van der Waals surface area (Å²) in [5, 5.41) is 5.95. The second kappa shape index (κ2) is 10.1. The van der Waals surface area contributed by atoms with Crippen LogP contribution in [0, 0.1) is 5.92 Å². The van der Waals surface area contributed by atoms with E-state index in [1.807, 2.05) is 47.4 Å². The van der Waals surface area contributed by atoms with Crippen molar-refractivity contribution in [3.05, 3.63) is 59.7 Å². The van der Waals surface area contributed by atoms with E-state index in [-0.39, 0.29) is 11.9 Å². The summed E-state index contributed by atoms with van der Waals surface area (Å²) in [5.41, 5.74) is 3.89. The third kappa shape index (κ3) is 6.08. The average Bonchev–Trinajstić information content (AvgIpc) is 2.92. The molecule has 2 N–H and O–H groups in total. The lowest BCUT2D eigenvalue weighted by Gasteiger charge is -2.23. The Bertz CT molecular complexity index is 830. The van der Waals surface area contributed by atoms with Crippen LogP contribution in [-0.2, 0) is 17.6 Å². The van der Waals surface area contributed by atoms with E-state index < -0.39 is 0 Å². The number of aryl methyl sites for hydroxylation is 1. The van der Waals surface area contributed by atoms with Crippen molar-refractivity contribution in [2.45, 2.75) is 46.0 Å². The van der Waals surface area contributed by atoms with E-state index >= 15 is 0 Å². The molecule has 0 saturated carbocycles. The third-order valence-electron chi connectivity index (χ3n) is 5.22. The van der Waals surface area contributed by atoms with Crippen LogP contribution in [0.4, 0.5) is 16.2 Å². The fraction of sp³-hybridized carbons (Fsp3) is 0.417. The molecule has 0 aromatic heterocycles. The lowest BCUT2D eigenvalue weighted by Crippen LogP contribution is -2.35. The predicted molar refractivity (Wildman–Crippen MR) is 118 cm³/mol. The molecule has 1 aliphatic rings. The summed E-state index contributed by atoms with van der Waals surface area (Å²) in [5.74, 6) is 0.609. The number of nitrogens with one attached hydrogen (secondary N) is 2. The summed E-state index contributed by atoms with van der Waals surface area (Å²) in [6.45, 7) is 5.71. The molecule has 0 unspecified atom stereocenters. The van der Waals surface area contributed by atoms with Gasteiger partial charge in [0.2, 0.25) is 5.91 Å². The Balaban J connectivity index is 1.57. The van der Waals surface area contributed by atoms with Gasteiger partial charge in [0.05, 0.1) is 6.42 Å². The van der Waals surface area contributed by atoms with Crippen LogP contribution >= 0.6 is 0 Å². The van der Waals surface area contributed by atoms with E-state index in [4.69, 9.17) is 0 Å². The number of para-hydroxylation sites is 1. The van der Waals surface area contributed by atoms with Crippen LogP contribution in [-0.4, -0.2) is 25.0 Å². The van der Waals surface area contributed by atoms with Gasteiger partial charge in [-0.05, 0) is 60.9 Å². The summed E-state index contributed by atoms with van der Waals surface area (Å²) >= 11 is 0. The Kier molecular flexibility index (Phi) is 7.28. The van der Waals surface area contributed by atoms with Crippen molar-refractivity contribution in [2.24, 2.45) is 5.92 Å². The summed E-state index contributed by atoms with van der Waals surface area (Å²) in [4.78, 5) is 26.7. The molecule has 5 nitrogen and oxygen atoms in total. The van der Waals surface area contributed by atoms with Gasteiger partial charge in [0.15, 0.2) is 0 Å². The highest BCUT2D eigenvalue weighted by atomic mass is 16.2. The van der Waals surface area contributed by atoms with Gasteiger partial charge in [-0.1, -0.05) is 44.2 Å². The molecule has 0 fully saturated rings. The summed E-state index contributed by atoms with van der Waals surface area (Å²) < 4.78 is 0. The Hall–Kier alpha value is -2.82. The highest BCUT2D eigenvalue weighted by molar-refractivity contribution is 6.02. The molecule has 1 aliphatic heterocycles. The van der Waals surface area contributed by atoms with E-state index in [0.717, 1.165) is 49.2 Å². The molecule has 29 heavy (non-hydrogen) atoms. The molecule has 154 valence electrons. The quantitative estimate of drug-likeness (QED) is 0.743. The maximum absolute atomic E-state index is 12.9. The van der Waals surface area contributed by atoms with Crippen molar-refractivity contribution in [3.8, 4) is 0 Å². The topological polar surface area (TPSA) is 61.4 Å². The Morgan fingerprint density at radius 3 is 2.55 bits per heavy atom. The first-order valence-corrected chi connectivity index (χ1v) is 10.5. The number of carbonyl (C=O) groups is 2. The second-order valence-electron chi connectivity index (χ2n) is 8.07. The zero-order valence-corrected chi connectivity index (χ0v) is 17.4. The molecule has 0 atom stereocenters. The van der Waals surface area contributed by atoms with E-state index in [2.05, 4.69) is 30.5 Å². The van der Waals surface area contributed by atoms with Crippen LogP contribution in [0.25, 0.3) is 0 Å². The van der Waals surface area contributed by atoms with Crippen molar-refractivity contribution < 1.29 is 9.59 Å². The number of anilines is 2. The van der Waals surface area contributed by atoms with Crippen LogP contribution in [0.5, 0.6) is 0 Å². The zero-order chi connectivity index (χ0) is 20.6. The van der Waals surface area contributed by atoms with Gasteiger partial charge in [0.25, 0.3) is 0 Å². The van der Waals surface area contributed by atoms with Gasteiger partial charge in [-0.2, -0.15) is 0 Å². The standard InChI is InChI=1S/C24H31N3O2/c1-18(2)14-15-25-23(28)17-19-10-12-21(13-11-19)26-24(29)27-16-6-5-8-20-7-3-4-9-22(20)27/h3-4,7,9-13,18H,5-6,8,14-17H2,1-2H3,(H,25,28)(H,26,29). The summed E-state index contributed by atoms with van der Waals surface area (Å²) in [6.07, 6.45) is 4.43. The Morgan fingerprint density at radius 2 is 1.79 bits per heavy atom. The zero-order valence-electron chi connectivity index (χ0n) is 17.4. The van der Waals surface area contributed by atoms with E-state index in [1.54, 1.807) is 0 Å². The van der Waals surface area contributed by atoms with Crippen LogP contribution in [0.1, 0.15) is 44.2 Å². The lowest BCUT2D eigenvalue weighted by molar-refractivity contribution is -0.120. The van der Waals surface area contributed by atoms with E-state index in [1.165, 1.54) is 5.56 Å². The van der Waals surface area contributed by atoms with Crippen LogP contribution in [0.3, 0.4) is 0 Å². The average molecular weight is 394 g/mol. The molecule has 0 spiro atoms. The molecule has 5 heteroatoms. The minimum absolute atomic E-state index is 0.0311. The van der Waals surface area contributed by atoms with Crippen molar-refractivity contribution in [2.75, 3.05) is 23.3 Å². The number of benzene rings is 2. The first-order valence-electron chi connectivity index (χ1n) is 10.5. The van der Waals surface area contributed by atoms with Gasteiger partial charge >= 0.3 is 6.03 Å². The molecular weight excluding hydrogens is 362 g/mol. The van der Waals surface area contributed by atoms with Crippen LogP contribution in [0.15, 0.2) is 48.5 Å². The van der Waals surface area contributed by atoms with Gasteiger partial charge < -0.3 is 10.6 Å². The van der Waals surface area contributed by atoms with Gasteiger partial charge in [-0.15, -0.1) is 0 Å². The second-order valence-corrected chi connectivity index (χ2v) is 8.07. The monoisotopic (exact) mass is 393 g/mol. The molecule has 3 amide bonds. The SMILES string of the molecule is CC(C)CCNC(=O)Cc1ccc(NC(=O)N2CCCCc3ccccc32)cc1.